The van der Waals surface area contributed by atoms with Crippen LogP contribution in [0.5, 0.6) is 11.5 Å². The van der Waals surface area contributed by atoms with Crippen LogP contribution in [0.4, 0.5) is 0 Å². The van der Waals surface area contributed by atoms with Crippen molar-refractivity contribution in [3.63, 3.8) is 0 Å². The van der Waals surface area contributed by atoms with Gasteiger partial charge in [-0.05, 0) is 48.5 Å². The zero-order chi connectivity index (χ0) is 17.8. The summed E-state index contributed by atoms with van der Waals surface area (Å²) >= 11 is 0. The lowest BCUT2D eigenvalue weighted by Gasteiger charge is -2.06. The highest BCUT2D eigenvalue weighted by Gasteiger charge is 2.19. The molecule has 0 spiro atoms. The van der Waals surface area contributed by atoms with Gasteiger partial charge >= 0.3 is 0 Å². The summed E-state index contributed by atoms with van der Waals surface area (Å²) in [7, 11) is 1.68. The minimum atomic E-state index is 0.597. The van der Waals surface area contributed by atoms with E-state index < -0.39 is 0 Å². The van der Waals surface area contributed by atoms with Crippen LogP contribution in [0, 0.1) is 0 Å². The first-order chi connectivity index (χ1) is 12.8. The molecule has 3 aromatic carbocycles. The van der Waals surface area contributed by atoms with E-state index in [0.29, 0.717) is 6.61 Å². The summed E-state index contributed by atoms with van der Waals surface area (Å²) in [6, 6.07) is 26.3. The van der Waals surface area contributed by atoms with E-state index in [4.69, 9.17) is 9.47 Å². The Bertz CT molecular complexity index is 992. The van der Waals surface area contributed by atoms with Gasteiger partial charge in [0, 0.05) is 0 Å². The summed E-state index contributed by atoms with van der Waals surface area (Å²) in [6.07, 6.45) is 0. The van der Waals surface area contributed by atoms with E-state index in [2.05, 4.69) is 39.9 Å². The third-order valence-electron chi connectivity index (χ3n) is 4.41. The first-order valence-electron chi connectivity index (χ1n) is 8.68. The second kappa shape index (κ2) is 7.31. The third-order valence-corrected chi connectivity index (χ3v) is 4.41. The van der Waals surface area contributed by atoms with E-state index in [0.717, 1.165) is 40.5 Å². The van der Waals surface area contributed by atoms with Crippen LogP contribution in [-0.4, -0.2) is 18.7 Å². The van der Waals surface area contributed by atoms with Crippen molar-refractivity contribution in [1.29, 1.82) is 0 Å². The van der Waals surface area contributed by atoms with E-state index in [1.54, 1.807) is 7.11 Å². The Morgan fingerprint density at radius 2 is 1.54 bits per heavy atom. The second-order valence-electron chi connectivity index (χ2n) is 6.03. The maximum atomic E-state index is 5.90. The lowest BCUT2D eigenvalue weighted by molar-refractivity contribution is -0.660. The van der Waals surface area contributed by atoms with Crippen LogP contribution < -0.4 is 14.0 Å². The minimum Gasteiger partial charge on any atom is -0.497 e. The summed E-state index contributed by atoms with van der Waals surface area (Å²) in [6.45, 7) is 1.35. The molecule has 4 nitrogen and oxygen atoms in total. The molecule has 0 fully saturated rings. The number of hydrogen-bond donors (Lipinski definition) is 1. The first kappa shape index (κ1) is 16.2. The number of hydrogen-bond acceptors (Lipinski definition) is 2. The van der Waals surface area contributed by atoms with Crippen LogP contribution >= 0.6 is 0 Å². The van der Waals surface area contributed by atoms with Gasteiger partial charge in [0.05, 0.1) is 12.7 Å². The molecule has 0 bridgehead atoms. The summed E-state index contributed by atoms with van der Waals surface area (Å²) in [5.74, 6) is 2.80. The Labute approximate surface area is 152 Å². The van der Waals surface area contributed by atoms with Gasteiger partial charge in [0.1, 0.15) is 24.7 Å². The molecule has 0 aliphatic rings. The van der Waals surface area contributed by atoms with Crippen molar-refractivity contribution in [1.82, 2.24) is 4.98 Å². The van der Waals surface area contributed by atoms with E-state index in [9.17, 15) is 0 Å². The van der Waals surface area contributed by atoms with Gasteiger partial charge in [0.2, 0.25) is 0 Å². The average molecular weight is 345 g/mol. The Morgan fingerprint density at radius 1 is 0.808 bits per heavy atom. The van der Waals surface area contributed by atoms with Crippen LogP contribution in [0.3, 0.4) is 0 Å². The molecule has 0 aliphatic carbocycles. The Kier molecular flexibility index (Phi) is 4.56. The van der Waals surface area contributed by atoms with Gasteiger partial charge in [0.15, 0.2) is 11.0 Å². The average Bonchev–Trinajstić information content (AvgIpc) is 3.08. The largest absolute Gasteiger partial charge is 0.497 e. The van der Waals surface area contributed by atoms with Crippen LogP contribution in [0.2, 0.25) is 0 Å². The Morgan fingerprint density at radius 3 is 2.31 bits per heavy atom. The predicted octanol–water partition coefficient (Wildman–Crippen LogP) is 4.21. The zero-order valence-electron chi connectivity index (χ0n) is 14.7. The molecule has 0 radical (unpaired) electrons. The molecule has 0 atom stereocenters. The summed E-state index contributed by atoms with van der Waals surface area (Å²) < 4.78 is 13.4. The number of H-pyrrole nitrogens is 1. The first-order valence-corrected chi connectivity index (χ1v) is 8.68. The van der Waals surface area contributed by atoms with Crippen molar-refractivity contribution in [2.24, 2.45) is 0 Å². The number of nitrogens with zero attached hydrogens (tertiary/aromatic N) is 1. The summed E-state index contributed by atoms with van der Waals surface area (Å²) in [4.78, 5) is 3.53. The summed E-state index contributed by atoms with van der Waals surface area (Å²) in [5.41, 5.74) is 3.38. The molecule has 0 aliphatic heterocycles. The van der Waals surface area contributed by atoms with Crippen LogP contribution in [-0.2, 0) is 6.54 Å². The molecule has 4 heteroatoms. The number of fused-ring (bicyclic) bond motifs is 1. The van der Waals surface area contributed by atoms with Crippen molar-refractivity contribution < 1.29 is 14.0 Å². The third kappa shape index (κ3) is 3.26. The van der Waals surface area contributed by atoms with Gasteiger partial charge in [0.25, 0.3) is 5.82 Å². The lowest BCUT2D eigenvalue weighted by Crippen LogP contribution is -2.37. The van der Waals surface area contributed by atoms with Crippen molar-refractivity contribution >= 4 is 11.0 Å². The van der Waals surface area contributed by atoms with Gasteiger partial charge in [-0.3, -0.25) is 0 Å². The van der Waals surface area contributed by atoms with Gasteiger partial charge in [-0.2, -0.15) is 0 Å². The molecule has 130 valence electrons. The molecule has 0 saturated heterocycles. The maximum absolute atomic E-state index is 5.90. The molecule has 1 N–H and O–H groups in total. The smallest absolute Gasteiger partial charge is 0.287 e. The van der Waals surface area contributed by atoms with Gasteiger partial charge in [-0.1, -0.05) is 30.3 Å². The number of benzene rings is 3. The molecule has 1 aromatic heterocycles. The standard InChI is InChI=1S/C22H20N2O2/c1-25-18-13-11-17(12-14-18)22-23-20-9-5-6-10-21(20)24(22)15-16-26-19-7-3-2-4-8-19/h2-14H,15-16H2,1H3/p+1. The molecular formula is C22H21N2O2+. The van der Waals surface area contributed by atoms with E-state index >= 15 is 0 Å². The molecule has 4 aromatic rings. The van der Waals surface area contributed by atoms with Gasteiger partial charge in [-0.25, -0.2) is 9.55 Å². The van der Waals surface area contributed by atoms with Crippen LogP contribution in [0.15, 0.2) is 78.9 Å². The van der Waals surface area contributed by atoms with Gasteiger partial charge in [-0.15, -0.1) is 0 Å². The maximum Gasteiger partial charge on any atom is 0.287 e. The highest BCUT2D eigenvalue weighted by atomic mass is 16.5. The Hall–Kier alpha value is -3.27. The number of ether oxygens (including phenoxy) is 2. The molecule has 0 unspecified atom stereocenters. The lowest BCUT2D eigenvalue weighted by atomic mass is 10.2. The Balaban J connectivity index is 1.65. The van der Waals surface area contributed by atoms with Crippen LogP contribution in [0.25, 0.3) is 22.4 Å². The topological polar surface area (TPSA) is 38.1 Å². The fourth-order valence-corrected chi connectivity index (χ4v) is 3.11. The van der Waals surface area contributed by atoms with Crippen molar-refractivity contribution in [3.05, 3.63) is 78.9 Å². The second-order valence-corrected chi connectivity index (χ2v) is 6.03. The van der Waals surface area contributed by atoms with Crippen molar-refractivity contribution in [3.8, 4) is 22.9 Å². The molecule has 26 heavy (non-hydrogen) atoms. The SMILES string of the molecule is COc1ccc(-c2[nH]c3ccccc3[n+]2CCOc2ccccc2)cc1. The number of para-hydroxylation sites is 3. The normalized spacial score (nSPS) is 10.8. The monoisotopic (exact) mass is 345 g/mol. The molecular weight excluding hydrogens is 324 g/mol. The van der Waals surface area contributed by atoms with E-state index in [1.165, 1.54) is 0 Å². The molecule has 0 saturated carbocycles. The van der Waals surface area contributed by atoms with Gasteiger partial charge < -0.3 is 9.47 Å². The number of rotatable bonds is 6. The number of aromatic amines is 1. The van der Waals surface area contributed by atoms with Crippen molar-refractivity contribution in [2.45, 2.75) is 6.54 Å². The fraction of sp³-hybridized carbons (Fsp3) is 0.136. The zero-order valence-corrected chi connectivity index (χ0v) is 14.7. The molecule has 4 rings (SSSR count). The number of nitrogens with one attached hydrogen (secondary N) is 1. The van der Waals surface area contributed by atoms with E-state index in [-0.39, 0.29) is 0 Å². The van der Waals surface area contributed by atoms with Crippen LogP contribution in [0.1, 0.15) is 0 Å². The highest BCUT2D eigenvalue weighted by Crippen LogP contribution is 2.21. The predicted molar refractivity (Wildman–Crippen MR) is 102 cm³/mol. The van der Waals surface area contributed by atoms with E-state index in [1.807, 2.05) is 48.5 Å². The quantitative estimate of drug-likeness (QED) is 0.532. The molecule has 1 heterocycles. The minimum absolute atomic E-state index is 0.597. The molecule has 0 amide bonds. The van der Waals surface area contributed by atoms with Crippen molar-refractivity contribution in [2.75, 3.05) is 13.7 Å². The number of imidazole rings is 1. The highest BCUT2D eigenvalue weighted by molar-refractivity contribution is 5.74. The number of methoxy groups -OCH3 is 1. The summed E-state index contributed by atoms with van der Waals surface area (Å²) in [5, 5.41) is 0. The fourth-order valence-electron chi connectivity index (χ4n) is 3.11. The number of aromatic nitrogens is 2.